The average molecular weight is 486 g/mol. The minimum atomic E-state index is -0.123. The van der Waals surface area contributed by atoms with Crippen LogP contribution in [-0.2, 0) is 11.5 Å². The summed E-state index contributed by atoms with van der Waals surface area (Å²) >= 11 is 0. The lowest BCUT2D eigenvalue weighted by Gasteiger charge is -2.33. The molecule has 2 aliphatic rings. The van der Waals surface area contributed by atoms with Crippen LogP contribution in [0.5, 0.6) is 17.2 Å². The molecule has 3 aromatic rings. The lowest BCUT2D eigenvalue weighted by Crippen LogP contribution is -2.32. The minimum absolute atomic E-state index is 0.123. The van der Waals surface area contributed by atoms with E-state index in [4.69, 9.17) is 19.2 Å². The first-order valence-electron chi connectivity index (χ1n) is 12.6. The molecule has 1 saturated carbocycles. The van der Waals surface area contributed by atoms with Crippen LogP contribution in [0.3, 0.4) is 0 Å². The lowest BCUT2D eigenvalue weighted by molar-refractivity contribution is -0.217. The Balaban J connectivity index is 1.58. The van der Waals surface area contributed by atoms with Crippen LogP contribution in [0.25, 0.3) is 16.7 Å². The number of rotatable bonds is 8. The van der Waals surface area contributed by atoms with Gasteiger partial charge in [0.25, 0.3) is 0 Å². The summed E-state index contributed by atoms with van der Waals surface area (Å²) in [6.45, 7) is 11.1. The summed E-state index contributed by atoms with van der Waals surface area (Å²) in [5.74, 6) is 2.26. The molecular weight excluding hydrogens is 450 g/mol. The smallest absolute Gasteiger partial charge is 0.169 e. The fraction of sp³-hybridized carbons (Fsp3) is 0.355. The maximum atomic E-state index is 6.46. The molecule has 0 saturated heterocycles. The maximum Gasteiger partial charge on any atom is 0.169 e. The second-order valence-corrected chi connectivity index (χ2v) is 10.5. The van der Waals surface area contributed by atoms with Crippen molar-refractivity contribution in [1.29, 1.82) is 0 Å². The van der Waals surface area contributed by atoms with E-state index in [-0.39, 0.29) is 11.6 Å². The molecule has 0 bridgehead atoms. The number of allylic oxidation sites excluding steroid dienone is 1. The quantitative estimate of drug-likeness (QED) is 0.262. The zero-order valence-corrected chi connectivity index (χ0v) is 22.0. The number of fused-ring (bicyclic) bond motifs is 1. The van der Waals surface area contributed by atoms with Crippen LogP contribution >= 0.6 is 0 Å². The summed E-state index contributed by atoms with van der Waals surface area (Å²) < 4.78 is 12.3. The first-order valence-corrected chi connectivity index (χ1v) is 12.6. The topological polar surface area (TPSA) is 49.0 Å². The number of hydrogen-bond acceptors (Lipinski definition) is 5. The molecule has 1 N–H and O–H groups in total. The Labute approximate surface area is 214 Å². The van der Waals surface area contributed by atoms with Crippen molar-refractivity contribution < 1.29 is 19.2 Å². The summed E-state index contributed by atoms with van der Waals surface area (Å²) in [7, 11) is 1.68. The third-order valence-corrected chi connectivity index (χ3v) is 6.73. The molecule has 0 amide bonds. The predicted molar refractivity (Wildman–Crippen MR) is 145 cm³/mol. The summed E-state index contributed by atoms with van der Waals surface area (Å²) in [5, 5.41) is 3.68. The predicted octanol–water partition coefficient (Wildman–Crippen LogP) is 7.64. The number of benzene rings is 3. The zero-order chi connectivity index (χ0) is 25.4. The van der Waals surface area contributed by atoms with Crippen molar-refractivity contribution in [3.8, 4) is 28.4 Å². The zero-order valence-electron chi connectivity index (χ0n) is 22.0. The SMILES string of the molecule is COc1cc(OOC2CC2)ccc1-c1ccc2c(c1COc1cc(C)ccc1C)C(C)=CC(C)(C)N2. The molecule has 5 rings (SSSR count). The molecule has 1 aliphatic heterocycles. The van der Waals surface area contributed by atoms with Gasteiger partial charge in [0, 0.05) is 28.4 Å². The summed E-state index contributed by atoms with van der Waals surface area (Å²) in [6.07, 6.45) is 4.58. The van der Waals surface area contributed by atoms with Gasteiger partial charge in [-0.2, -0.15) is 4.89 Å². The van der Waals surface area contributed by atoms with Gasteiger partial charge in [0.2, 0.25) is 0 Å². The van der Waals surface area contributed by atoms with E-state index in [2.05, 4.69) is 76.3 Å². The lowest BCUT2D eigenvalue weighted by atomic mass is 9.85. The van der Waals surface area contributed by atoms with Crippen LogP contribution in [0.1, 0.15) is 55.9 Å². The molecule has 0 atom stereocenters. The van der Waals surface area contributed by atoms with E-state index >= 15 is 0 Å². The van der Waals surface area contributed by atoms with Crippen LogP contribution in [0.2, 0.25) is 0 Å². The van der Waals surface area contributed by atoms with Gasteiger partial charge in [-0.3, -0.25) is 0 Å². The third kappa shape index (κ3) is 5.07. The Morgan fingerprint density at radius 1 is 0.917 bits per heavy atom. The number of nitrogens with one attached hydrogen (secondary N) is 1. The molecule has 188 valence electrons. The molecule has 5 nitrogen and oxygen atoms in total. The Hall–Kier alpha value is -3.44. The summed E-state index contributed by atoms with van der Waals surface area (Å²) in [4.78, 5) is 11.0. The van der Waals surface area contributed by atoms with Gasteiger partial charge < -0.3 is 19.7 Å². The van der Waals surface area contributed by atoms with Crippen molar-refractivity contribution in [1.82, 2.24) is 0 Å². The van der Waals surface area contributed by atoms with Crippen molar-refractivity contribution in [3.05, 3.63) is 76.9 Å². The Kier molecular flexibility index (Phi) is 6.44. The van der Waals surface area contributed by atoms with Crippen LogP contribution < -0.4 is 19.7 Å². The number of aryl methyl sites for hydroxylation is 2. The van der Waals surface area contributed by atoms with Gasteiger partial charge >= 0.3 is 0 Å². The van der Waals surface area contributed by atoms with Crippen LogP contribution in [0, 0.1) is 13.8 Å². The number of hydrogen-bond donors (Lipinski definition) is 1. The van der Waals surface area contributed by atoms with E-state index in [1.165, 1.54) is 16.7 Å². The second kappa shape index (κ2) is 9.55. The molecule has 5 heteroatoms. The normalized spacial score (nSPS) is 16.0. The van der Waals surface area contributed by atoms with Crippen LogP contribution in [-0.4, -0.2) is 18.8 Å². The number of anilines is 1. The molecule has 1 heterocycles. The van der Waals surface area contributed by atoms with E-state index < -0.39 is 0 Å². The van der Waals surface area contributed by atoms with E-state index in [0.29, 0.717) is 12.4 Å². The van der Waals surface area contributed by atoms with Gasteiger partial charge in [-0.25, -0.2) is 0 Å². The molecule has 0 aromatic heterocycles. The maximum absolute atomic E-state index is 6.46. The fourth-order valence-corrected chi connectivity index (χ4v) is 4.85. The Morgan fingerprint density at radius 2 is 1.69 bits per heavy atom. The van der Waals surface area contributed by atoms with E-state index in [1.54, 1.807) is 7.11 Å². The summed E-state index contributed by atoms with van der Waals surface area (Å²) in [5.41, 5.74) is 8.86. The molecule has 1 aliphatic carbocycles. The first kappa shape index (κ1) is 24.3. The molecule has 3 aromatic carbocycles. The van der Waals surface area contributed by atoms with Crippen molar-refractivity contribution in [2.45, 2.75) is 65.7 Å². The third-order valence-electron chi connectivity index (χ3n) is 6.73. The van der Waals surface area contributed by atoms with Gasteiger partial charge in [-0.05, 0) is 94.0 Å². The van der Waals surface area contributed by atoms with E-state index in [9.17, 15) is 0 Å². The number of methoxy groups -OCH3 is 1. The van der Waals surface area contributed by atoms with Crippen molar-refractivity contribution in [3.63, 3.8) is 0 Å². The summed E-state index contributed by atoms with van der Waals surface area (Å²) in [6, 6.07) is 16.5. The Morgan fingerprint density at radius 3 is 2.44 bits per heavy atom. The monoisotopic (exact) mass is 485 g/mol. The van der Waals surface area contributed by atoms with Gasteiger partial charge in [0.15, 0.2) is 5.75 Å². The van der Waals surface area contributed by atoms with E-state index in [1.807, 2.05) is 18.2 Å². The van der Waals surface area contributed by atoms with Crippen LogP contribution in [0.15, 0.2) is 54.6 Å². The van der Waals surface area contributed by atoms with E-state index in [0.717, 1.165) is 52.3 Å². The fourth-order valence-electron chi connectivity index (χ4n) is 4.85. The number of ether oxygens (including phenoxy) is 2. The van der Waals surface area contributed by atoms with Crippen LogP contribution in [0.4, 0.5) is 5.69 Å². The van der Waals surface area contributed by atoms with Crippen molar-refractivity contribution >= 4 is 11.3 Å². The highest BCUT2D eigenvalue weighted by Gasteiger charge is 2.28. The van der Waals surface area contributed by atoms with Gasteiger partial charge in [0.1, 0.15) is 24.2 Å². The molecule has 0 radical (unpaired) electrons. The highest BCUT2D eigenvalue weighted by molar-refractivity contribution is 5.88. The molecule has 1 fully saturated rings. The Bertz CT molecular complexity index is 1320. The average Bonchev–Trinajstić information content (AvgIpc) is 3.67. The molecule has 36 heavy (non-hydrogen) atoms. The second-order valence-electron chi connectivity index (χ2n) is 10.5. The van der Waals surface area contributed by atoms with Gasteiger partial charge in [0.05, 0.1) is 12.6 Å². The largest absolute Gasteiger partial charge is 0.496 e. The minimum Gasteiger partial charge on any atom is -0.496 e. The highest BCUT2D eigenvalue weighted by atomic mass is 17.2. The van der Waals surface area contributed by atoms with Gasteiger partial charge in [-0.15, -0.1) is 0 Å². The molecule has 0 spiro atoms. The van der Waals surface area contributed by atoms with Crippen molar-refractivity contribution in [2.75, 3.05) is 12.4 Å². The standard InChI is InChI=1S/C31H35NO4/c1-19-7-8-20(2)28(15-19)34-18-26-24(13-14-27-30(26)21(3)17-31(4,5)32-27)25-12-11-23(16-29(25)33-6)36-35-22-9-10-22/h7-8,11-17,22,32H,9-10,18H2,1-6H3. The van der Waals surface area contributed by atoms with Crippen molar-refractivity contribution in [2.24, 2.45) is 0 Å². The van der Waals surface area contributed by atoms with Gasteiger partial charge in [-0.1, -0.05) is 24.3 Å². The first-order chi connectivity index (χ1) is 17.2. The highest BCUT2D eigenvalue weighted by Crippen LogP contribution is 2.43. The molecule has 0 unspecified atom stereocenters. The molecular formula is C31H35NO4.